The third kappa shape index (κ3) is 4.00. The molecule has 0 amide bonds. The molecule has 3 rings (SSSR count). The van der Waals surface area contributed by atoms with Gasteiger partial charge < -0.3 is 4.74 Å². The van der Waals surface area contributed by atoms with E-state index in [-0.39, 0.29) is 17.0 Å². The second-order valence-electron chi connectivity index (χ2n) is 5.22. The predicted molar refractivity (Wildman–Crippen MR) is 78.6 cm³/mol. The lowest BCUT2D eigenvalue weighted by Crippen LogP contribution is -2.09. The summed E-state index contributed by atoms with van der Waals surface area (Å²) in [7, 11) is 0. The first kappa shape index (κ1) is 19.1. The molecule has 0 fully saturated rings. The van der Waals surface area contributed by atoms with E-state index in [4.69, 9.17) is 10.00 Å². The molecule has 0 atom stereocenters. The third-order valence-corrected chi connectivity index (χ3v) is 3.30. The molecule has 13 heteroatoms. The van der Waals surface area contributed by atoms with Gasteiger partial charge in [-0.15, -0.1) is 5.10 Å². The largest absolute Gasteiger partial charge is 0.433 e. The quantitative estimate of drug-likeness (QED) is 0.668. The van der Waals surface area contributed by atoms with E-state index < -0.39 is 35.4 Å². The van der Waals surface area contributed by atoms with Gasteiger partial charge in [-0.25, -0.2) is 10.1 Å². The molecule has 2 heterocycles. The Labute approximate surface area is 151 Å². The van der Waals surface area contributed by atoms with Gasteiger partial charge in [0.1, 0.15) is 17.5 Å². The molecule has 1 N–H and O–H groups in total. The van der Waals surface area contributed by atoms with Gasteiger partial charge >= 0.3 is 18.4 Å². The molecule has 1 aromatic carbocycles. The van der Waals surface area contributed by atoms with Crippen LogP contribution in [0, 0.1) is 11.3 Å². The summed E-state index contributed by atoms with van der Waals surface area (Å²) >= 11 is 0. The van der Waals surface area contributed by atoms with Crippen LogP contribution in [0.3, 0.4) is 0 Å². The summed E-state index contributed by atoms with van der Waals surface area (Å²) in [6.07, 6.45) is -8.84. The van der Waals surface area contributed by atoms with E-state index in [1.807, 2.05) is 0 Å². The van der Waals surface area contributed by atoms with Crippen molar-refractivity contribution in [3.05, 3.63) is 47.4 Å². The van der Waals surface area contributed by atoms with Crippen LogP contribution >= 0.6 is 0 Å². The van der Waals surface area contributed by atoms with Gasteiger partial charge in [0.15, 0.2) is 11.4 Å². The maximum absolute atomic E-state index is 13.2. The number of nitrogens with one attached hydrogen (secondary N) is 1. The zero-order valence-electron chi connectivity index (χ0n) is 13.3. The highest BCUT2D eigenvalue weighted by molar-refractivity contribution is 5.67. The van der Waals surface area contributed by atoms with E-state index in [0.29, 0.717) is 18.2 Å². The molecule has 0 bridgehead atoms. The van der Waals surface area contributed by atoms with Crippen molar-refractivity contribution in [2.75, 3.05) is 0 Å². The molecule has 0 saturated heterocycles. The topological polar surface area (TPSA) is 100 Å². The Morgan fingerprint density at radius 3 is 2.43 bits per heavy atom. The maximum atomic E-state index is 13.2. The third-order valence-electron chi connectivity index (χ3n) is 3.30. The number of benzene rings is 1. The number of ether oxygens (including phenoxy) is 1. The average molecular weight is 400 g/mol. The molecule has 0 unspecified atom stereocenters. The first-order valence-corrected chi connectivity index (χ1v) is 7.20. The lowest BCUT2D eigenvalue weighted by Gasteiger charge is -2.12. The highest BCUT2D eigenvalue weighted by Gasteiger charge is 2.34. The van der Waals surface area contributed by atoms with Gasteiger partial charge in [-0.3, -0.25) is 0 Å². The minimum absolute atomic E-state index is 0.191. The fourth-order valence-electron chi connectivity index (χ4n) is 2.12. The number of aromatic amines is 1. The van der Waals surface area contributed by atoms with Crippen LogP contribution in [0.1, 0.15) is 17.0 Å². The van der Waals surface area contributed by atoms with E-state index in [2.05, 4.69) is 25.4 Å². The van der Waals surface area contributed by atoms with E-state index in [0.717, 1.165) is 12.3 Å². The lowest BCUT2D eigenvalue weighted by atomic mass is 10.1. The first-order valence-electron chi connectivity index (χ1n) is 7.20. The Hall–Kier alpha value is -3.69. The van der Waals surface area contributed by atoms with E-state index in [9.17, 15) is 26.3 Å². The summed E-state index contributed by atoms with van der Waals surface area (Å²) in [6.45, 7) is 0. The molecular weight excluding hydrogens is 394 g/mol. The van der Waals surface area contributed by atoms with Crippen molar-refractivity contribution in [1.82, 2.24) is 25.4 Å². The van der Waals surface area contributed by atoms with Gasteiger partial charge in [0, 0.05) is 11.8 Å². The van der Waals surface area contributed by atoms with Crippen LogP contribution in [0.2, 0.25) is 0 Å². The van der Waals surface area contributed by atoms with Crippen molar-refractivity contribution in [2.45, 2.75) is 12.4 Å². The number of nitriles is 1. The fourth-order valence-corrected chi connectivity index (χ4v) is 2.12. The van der Waals surface area contributed by atoms with Gasteiger partial charge in [0.2, 0.25) is 0 Å². The summed E-state index contributed by atoms with van der Waals surface area (Å²) in [4.78, 5) is 6.60. The van der Waals surface area contributed by atoms with E-state index in [1.165, 1.54) is 0 Å². The van der Waals surface area contributed by atoms with Crippen molar-refractivity contribution >= 4 is 0 Å². The molecule has 0 saturated carbocycles. The SMILES string of the molecule is N#Cc1[nH]nnc1-c1cc(Oc2nccc(C(F)(F)F)n2)cc(C(F)(F)F)c1. The Morgan fingerprint density at radius 1 is 1.04 bits per heavy atom. The van der Waals surface area contributed by atoms with Crippen LogP contribution < -0.4 is 4.74 Å². The van der Waals surface area contributed by atoms with Gasteiger partial charge in [-0.05, 0) is 24.3 Å². The van der Waals surface area contributed by atoms with Gasteiger partial charge in [-0.1, -0.05) is 5.21 Å². The Morgan fingerprint density at radius 2 is 1.79 bits per heavy atom. The summed E-state index contributed by atoms with van der Waals surface area (Å²) in [5, 5.41) is 18.1. The number of aromatic nitrogens is 5. The van der Waals surface area contributed by atoms with Crippen LogP contribution in [-0.4, -0.2) is 25.4 Å². The Kier molecular flexibility index (Phi) is 4.63. The van der Waals surface area contributed by atoms with Crippen LogP contribution in [-0.2, 0) is 12.4 Å². The van der Waals surface area contributed by atoms with Crippen molar-refractivity contribution in [3.63, 3.8) is 0 Å². The van der Waals surface area contributed by atoms with Crippen molar-refractivity contribution in [2.24, 2.45) is 0 Å². The average Bonchev–Trinajstić information content (AvgIpc) is 3.09. The molecule has 2 aromatic heterocycles. The fraction of sp³-hybridized carbons (Fsp3) is 0.133. The zero-order valence-corrected chi connectivity index (χ0v) is 13.3. The summed E-state index contributed by atoms with van der Waals surface area (Å²) in [6, 6.07) is 3.74. The molecular formula is C15H6F6N6O. The highest BCUT2D eigenvalue weighted by atomic mass is 19.4. The second kappa shape index (κ2) is 6.80. The van der Waals surface area contributed by atoms with Gasteiger partial charge in [0.05, 0.1) is 5.56 Å². The zero-order chi connectivity index (χ0) is 20.5. The Balaban J connectivity index is 2.06. The molecule has 0 spiro atoms. The number of halogens is 6. The van der Waals surface area contributed by atoms with E-state index in [1.54, 1.807) is 6.07 Å². The number of rotatable bonds is 3. The first-order chi connectivity index (χ1) is 13.1. The molecule has 144 valence electrons. The number of H-pyrrole nitrogens is 1. The molecule has 0 aliphatic heterocycles. The number of hydrogen-bond donors (Lipinski definition) is 1. The highest BCUT2D eigenvalue weighted by Crippen LogP contribution is 2.37. The molecule has 0 aliphatic carbocycles. The maximum Gasteiger partial charge on any atom is 0.433 e. The number of hydrogen-bond acceptors (Lipinski definition) is 6. The molecule has 0 radical (unpaired) electrons. The molecule has 28 heavy (non-hydrogen) atoms. The Bertz CT molecular complexity index is 1050. The molecule has 0 aliphatic rings. The monoisotopic (exact) mass is 400 g/mol. The normalized spacial score (nSPS) is 11.9. The minimum Gasteiger partial charge on any atom is -0.424 e. The van der Waals surface area contributed by atoms with Crippen LogP contribution in [0.25, 0.3) is 11.3 Å². The van der Waals surface area contributed by atoms with Crippen molar-refractivity contribution in [1.29, 1.82) is 5.26 Å². The van der Waals surface area contributed by atoms with Crippen LogP contribution in [0.4, 0.5) is 26.3 Å². The molecule has 3 aromatic rings. The standard InChI is InChI=1S/C15H6F6N6O/c16-14(17,18)8-3-7(12-10(6-22)25-27-26-12)4-9(5-8)28-13-23-2-1-11(24-13)15(19,20)21/h1-5H,(H,25,26,27). The van der Waals surface area contributed by atoms with Crippen LogP contribution in [0.15, 0.2) is 30.5 Å². The number of alkyl halides is 6. The van der Waals surface area contributed by atoms with E-state index >= 15 is 0 Å². The minimum atomic E-state index is -4.81. The number of nitrogens with zero attached hydrogens (tertiary/aromatic N) is 5. The van der Waals surface area contributed by atoms with Crippen molar-refractivity contribution < 1.29 is 31.1 Å². The predicted octanol–water partition coefficient (Wildman–Crippen LogP) is 3.96. The lowest BCUT2D eigenvalue weighted by molar-refractivity contribution is -0.141. The second-order valence-corrected chi connectivity index (χ2v) is 5.22. The summed E-state index contributed by atoms with van der Waals surface area (Å²) < 4.78 is 82.7. The van der Waals surface area contributed by atoms with Crippen LogP contribution in [0.5, 0.6) is 11.8 Å². The summed E-state index contributed by atoms with van der Waals surface area (Å²) in [5.74, 6) is -0.504. The van der Waals surface area contributed by atoms with Gasteiger partial charge in [0.25, 0.3) is 0 Å². The van der Waals surface area contributed by atoms with Gasteiger partial charge in [-0.2, -0.15) is 36.6 Å². The smallest absolute Gasteiger partial charge is 0.424 e. The summed E-state index contributed by atoms with van der Waals surface area (Å²) in [5.41, 5.74) is -3.10. The molecule has 7 nitrogen and oxygen atoms in total. The van der Waals surface area contributed by atoms with Crippen molar-refractivity contribution in [3.8, 4) is 29.1 Å².